The third-order valence-electron chi connectivity index (χ3n) is 8.49. The summed E-state index contributed by atoms with van der Waals surface area (Å²) in [4.78, 5) is 0.825. The molecule has 6 rings (SSSR count). The van der Waals surface area contributed by atoms with E-state index in [0.717, 1.165) is 42.6 Å². The van der Waals surface area contributed by atoms with Crippen LogP contribution >= 0.6 is 12.0 Å². The van der Waals surface area contributed by atoms with Crippen molar-refractivity contribution in [1.29, 1.82) is 0 Å². The van der Waals surface area contributed by atoms with Gasteiger partial charge in [-0.3, -0.25) is 0 Å². The highest BCUT2D eigenvalue weighted by Crippen LogP contribution is 2.43. The van der Waals surface area contributed by atoms with Gasteiger partial charge in [-0.15, -0.1) is 4.33 Å². The van der Waals surface area contributed by atoms with E-state index < -0.39 is 20.0 Å². The van der Waals surface area contributed by atoms with Crippen LogP contribution in [-0.2, 0) is 29.4 Å². The third kappa shape index (κ3) is 7.66. The smallest absolute Gasteiger partial charge is 0.363 e. The SMILES string of the molecule is COc1cc(S(=O)(=O)N(C)C)ccc1Nc1ccc2c(-c3ccccc3SOOO)c3ccc(Nc4ccc(S(=O)(=O)N(C)C)cc4OC)cc3[o+]c2c1. The zero-order chi connectivity index (χ0) is 38.8. The maximum atomic E-state index is 12.8. The van der Waals surface area contributed by atoms with Crippen molar-refractivity contribution in [3.05, 3.63) is 97.1 Å². The number of anilines is 4. The molecule has 0 radical (unpaired) electrons. The number of hydrogen-bond donors (Lipinski definition) is 3. The van der Waals surface area contributed by atoms with E-state index in [1.807, 2.05) is 60.7 Å². The van der Waals surface area contributed by atoms with Crippen LogP contribution in [-0.4, -0.2) is 73.1 Å². The van der Waals surface area contributed by atoms with Crippen LogP contribution in [0.2, 0.25) is 0 Å². The first kappa shape index (κ1) is 38.7. The zero-order valence-corrected chi connectivity index (χ0v) is 32.4. The first-order valence-corrected chi connectivity index (χ1v) is 19.7. The Balaban J connectivity index is 1.47. The van der Waals surface area contributed by atoms with Crippen LogP contribution in [0.1, 0.15) is 0 Å². The molecule has 0 aliphatic rings. The topological polar surface area (TPSA) is 167 Å². The summed E-state index contributed by atoms with van der Waals surface area (Å²) in [6.45, 7) is 0. The standard InChI is InChI=1S/C37H36N4O10S3/c1-40(2)53(43,44)25-13-17-30(34(21-25)47-5)38-23-11-15-27-32(19-23)49-33-20-24(39-31-18-14-26(22-35(31)48-6)54(45,46)41(3)4)12-16-28(33)37(27)29-9-7-8-10-36(29)52-51-50-42/h7-22,38-39H,1-6H3/p+1. The van der Waals surface area contributed by atoms with Crippen molar-refractivity contribution in [2.75, 3.05) is 53.0 Å². The number of methoxy groups -OCH3 is 2. The van der Waals surface area contributed by atoms with E-state index in [-0.39, 0.29) is 9.79 Å². The molecular formula is C37H37N4O10S3+. The number of nitrogens with one attached hydrogen (secondary N) is 2. The minimum absolute atomic E-state index is 0.0863. The van der Waals surface area contributed by atoms with Gasteiger partial charge in [0.25, 0.3) is 0 Å². The average molecular weight is 794 g/mol. The number of fused-ring (bicyclic) bond motifs is 2. The second kappa shape index (κ2) is 15.8. The van der Waals surface area contributed by atoms with Crippen molar-refractivity contribution in [3.63, 3.8) is 0 Å². The van der Waals surface area contributed by atoms with E-state index in [2.05, 4.69) is 15.7 Å². The molecule has 6 aromatic rings. The van der Waals surface area contributed by atoms with Crippen molar-refractivity contribution in [2.24, 2.45) is 0 Å². The van der Waals surface area contributed by atoms with Crippen LogP contribution in [0.4, 0.5) is 22.7 Å². The Kier molecular flexibility index (Phi) is 11.3. The Morgan fingerprint density at radius 1 is 0.648 bits per heavy atom. The van der Waals surface area contributed by atoms with E-state index in [9.17, 15) is 16.8 Å². The molecule has 17 heteroatoms. The number of sulfonamides is 2. The monoisotopic (exact) mass is 793 g/mol. The van der Waals surface area contributed by atoms with Gasteiger partial charge in [-0.2, -0.15) is 0 Å². The molecule has 0 saturated heterocycles. The summed E-state index contributed by atoms with van der Waals surface area (Å²) in [7, 11) is 1.39. The Bertz CT molecular complexity index is 2430. The van der Waals surface area contributed by atoms with Crippen LogP contribution in [0.5, 0.6) is 11.5 Å². The van der Waals surface area contributed by atoms with Crippen molar-refractivity contribution < 1.29 is 45.4 Å². The largest absolute Gasteiger partial charge is 0.495 e. The van der Waals surface area contributed by atoms with Gasteiger partial charge in [0.1, 0.15) is 11.5 Å². The first-order valence-electron chi connectivity index (χ1n) is 16.1. The van der Waals surface area contributed by atoms with Gasteiger partial charge in [-0.25, -0.2) is 35.1 Å². The predicted octanol–water partition coefficient (Wildman–Crippen LogP) is 7.97. The van der Waals surface area contributed by atoms with Crippen LogP contribution in [0.15, 0.2) is 116 Å². The van der Waals surface area contributed by atoms with Gasteiger partial charge < -0.3 is 20.1 Å². The van der Waals surface area contributed by atoms with Gasteiger partial charge in [-0.1, -0.05) is 23.2 Å². The maximum absolute atomic E-state index is 12.8. The maximum Gasteiger partial charge on any atom is 0.363 e. The molecule has 0 aliphatic carbocycles. The predicted molar refractivity (Wildman–Crippen MR) is 209 cm³/mol. The minimum Gasteiger partial charge on any atom is -0.495 e. The summed E-state index contributed by atoms with van der Waals surface area (Å²) in [5, 5.41) is 21.0. The summed E-state index contributed by atoms with van der Waals surface area (Å²) < 4.78 is 75.8. The molecule has 3 N–H and O–H groups in total. The quantitative estimate of drug-likeness (QED) is 0.0320. The first-order chi connectivity index (χ1) is 25.8. The molecule has 0 unspecified atom stereocenters. The molecule has 282 valence electrons. The number of hydrogen-bond acceptors (Lipinski definition) is 12. The molecule has 1 heterocycles. The van der Waals surface area contributed by atoms with Gasteiger partial charge in [0.2, 0.25) is 20.0 Å². The normalized spacial score (nSPS) is 12.1. The molecule has 0 bridgehead atoms. The fourth-order valence-electron chi connectivity index (χ4n) is 5.74. The van der Waals surface area contributed by atoms with Crippen LogP contribution < -0.4 is 20.1 Å². The lowest BCUT2D eigenvalue weighted by molar-refractivity contribution is -0.432. The fourth-order valence-corrected chi connectivity index (χ4v) is 8.07. The van der Waals surface area contributed by atoms with E-state index in [4.69, 9.17) is 23.5 Å². The van der Waals surface area contributed by atoms with Gasteiger partial charge in [0.15, 0.2) is 0 Å². The number of ether oxygens (including phenoxy) is 2. The second-order valence-electron chi connectivity index (χ2n) is 12.2. The summed E-state index contributed by atoms with van der Waals surface area (Å²) in [6.07, 6.45) is 0. The van der Waals surface area contributed by atoms with Gasteiger partial charge in [0.05, 0.1) is 70.3 Å². The van der Waals surface area contributed by atoms with Crippen molar-refractivity contribution in [3.8, 4) is 22.6 Å². The van der Waals surface area contributed by atoms with Gasteiger partial charge >= 0.3 is 11.2 Å². The number of nitrogens with zero attached hydrogens (tertiary/aromatic N) is 2. The van der Waals surface area contributed by atoms with Crippen LogP contribution in [0, 0.1) is 0 Å². The summed E-state index contributed by atoms with van der Waals surface area (Å²) >= 11 is 0.839. The van der Waals surface area contributed by atoms with Crippen LogP contribution in [0.3, 0.4) is 0 Å². The molecule has 0 amide bonds. The highest BCUT2D eigenvalue weighted by atomic mass is 32.2. The molecular weight excluding hydrogens is 757 g/mol. The Hall–Kier alpha value is -4.98. The van der Waals surface area contributed by atoms with Gasteiger partial charge in [0, 0.05) is 62.2 Å². The second-order valence-corrected chi connectivity index (χ2v) is 17.2. The Labute approximate surface area is 317 Å². The molecule has 14 nitrogen and oxygen atoms in total. The lowest BCUT2D eigenvalue weighted by atomic mass is 9.96. The Morgan fingerprint density at radius 3 is 1.57 bits per heavy atom. The third-order valence-corrected chi connectivity index (χ3v) is 12.8. The summed E-state index contributed by atoms with van der Waals surface area (Å²) in [6, 6.07) is 27.8. The minimum atomic E-state index is -3.69. The van der Waals surface area contributed by atoms with E-state index in [1.165, 1.54) is 66.7 Å². The molecule has 54 heavy (non-hydrogen) atoms. The molecule has 0 fully saturated rings. The molecule has 1 aromatic heterocycles. The fraction of sp³-hybridized carbons (Fsp3) is 0.162. The average Bonchev–Trinajstić information content (AvgIpc) is 3.16. The van der Waals surface area contributed by atoms with Crippen LogP contribution in [0.25, 0.3) is 33.1 Å². The Morgan fingerprint density at radius 2 is 1.13 bits per heavy atom. The molecule has 0 spiro atoms. The van der Waals surface area contributed by atoms with Gasteiger partial charge in [-0.05, 0) is 60.2 Å². The number of benzene rings is 5. The molecule has 0 aliphatic heterocycles. The van der Waals surface area contributed by atoms with E-state index >= 15 is 0 Å². The van der Waals surface area contributed by atoms with E-state index in [1.54, 1.807) is 12.1 Å². The molecule has 0 atom stereocenters. The molecule has 5 aromatic carbocycles. The number of rotatable bonds is 14. The highest BCUT2D eigenvalue weighted by Gasteiger charge is 2.25. The van der Waals surface area contributed by atoms with Crippen molar-refractivity contribution >= 4 is 76.8 Å². The van der Waals surface area contributed by atoms with Crippen molar-refractivity contribution in [2.45, 2.75) is 14.7 Å². The lowest BCUT2D eigenvalue weighted by Crippen LogP contribution is -2.22. The summed E-state index contributed by atoms with van der Waals surface area (Å²) in [5.41, 5.74) is 4.90. The highest BCUT2D eigenvalue weighted by molar-refractivity contribution is 7.94. The zero-order valence-electron chi connectivity index (χ0n) is 30.0. The molecule has 0 saturated carbocycles. The van der Waals surface area contributed by atoms with E-state index in [0.29, 0.717) is 50.3 Å². The lowest BCUT2D eigenvalue weighted by Gasteiger charge is -2.16. The summed E-state index contributed by atoms with van der Waals surface area (Å²) in [5.74, 6) is 0.648. The van der Waals surface area contributed by atoms with Crippen molar-refractivity contribution in [1.82, 2.24) is 8.61 Å².